The standard InChI is InChI=1S/C25H39Cl2N5O3/c1-6-18(2)31-13-14-32(17-35-25(3,4)5)22(16-31)23(33)29-9-11-30(12-10-29)24(34)28-19-7-8-20(26)21(27)15-19/h7-8,15,18,22H,6,9-14,16-17H2,1-5H3,(H,28,34)/t18?,22-/m1/s1. The zero-order valence-electron chi connectivity index (χ0n) is 21.5. The first-order chi connectivity index (χ1) is 16.5. The van der Waals surface area contributed by atoms with Crippen molar-refractivity contribution in [2.24, 2.45) is 0 Å². The fourth-order valence-corrected chi connectivity index (χ4v) is 4.58. The molecule has 1 aromatic carbocycles. The second-order valence-corrected chi connectivity index (χ2v) is 11.2. The molecule has 0 bridgehead atoms. The zero-order valence-corrected chi connectivity index (χ0v) is 23.0. The van der Waals surface area contributed by atoms with Crippen LogP contribution in [0.1, 0.15) is 41.0 Å². The normalized spacial score (nSPS) is 21.2. The third-order valence-corrected chi connectivity index (χ3v) is 7.47. The average molecular weight is 529 g/mol. The van der Waals surface area contributed by atoms with Gasteiger partial charge in [-0.3, -0.25) is 14.6 Å². The van der Waals surface area contributed by atoms with Gasteiger partial charge in [0.2, 0.25) is 5.91 Å². The predicted molar refractivity (Wildman–Crippen MR) is 141 cm³/mol. The summed E-state index contributed by atoms with van der Waals surface area (Å²) in [6.07, 6.45) is 1.05. The van der Waals surface area contributed by atoms with E-state index < -0.39 is 0 Å². The highest BCUT2D eigenvalue weighted by Gasteiger charge is 2.37. The third kappa shape index (κ3) is 7.70. The van der Waals surface area contributed by atoms with Crippen molar-refractivity contribution in [2.45, 2.75) is 58.7 Å². The van der Waals surface area contributed by atoms with Gasteiger partial charge in [-0.1, -0.05) is 30.1 Å². The highest BCUT2D eigenvalue weighted by Crippen LogP contribution is 2.25. The lowest BCUT2D eigenvalue weighted by Gasteiger charge is -2.45. The molecule has 2 atom stereocenters. The van der Waals surface area contributed by atoms with Gasteiger partial charge in [0.05, 0.1) is 15.6 Å². The molecule has 1 aromatic rings. The number of ether oxygens (including phenoxy) is 1. The van der Waals surface area contributed by atoms with Crippen molar-refractivity contribution in [3.8, 4) is 0 Å². The van der Waals surface area contributed by atoms with Gasteiger partial charge in [-0.15, -0.1) is 0 Å². The largest absolute Gasteiger partial charge is 0.360 e. The first-order valence-corrected chi connectivity index (χ1v) is 13.2. The molecule has 2 fully saturated rings. The molecule has 0 aliphatic carbocycles. The van der Waals surface area contributed by atoms with E-state index in [9.17, 15) is 9.59 Å². The number of rotatable bonds is 6. The summed E-state index contributed by atoms with van der Waals surface area (Å²) < 4.78 is 6.04. The number of urea groups is 1. The van der Waals surface area contributed by atoms with E-state index in [0.717, 1.165) is 19.5 Å². The van der Waals surface area contributed by atoms with Gasteiger partial charge in [0, 0.05) is 57.5 Å². The summed E-state index contributed by atoms with van der Waals surface area (Å²) >= 11 is 12.0. The zero-order chi connectivity index (χ0) is 25.8. The molecule has 3 amide bonds. The van der Waals surface area contributed by atoms with Gasteiger partial charge in [-0.05, 0) is 52.3 Å². The number of carbonyl (C=O) groups excluding carboxylic acids is 2. The van der Waals surface area contributed by atoms with Gasteiger partial charge in [0.1, 0.15) is 12.8 Å². The van der Waals surface area contributed by atoms with Crippen LogP contribution in [0, 0.1) is 0 Å². The van der Waals surface area contributed by atoms with Crippen molar-refractivity contribution in [1.29, 1.82) is 0 Å². The van der Waals surface area contributed by atoms with Gasteiger partial charge < -0.3 is 19.9 Å². The number of halogens is 2. The monoisotopic (exact) mass is 527 g/mol. The Bertz CT molecular complexity index is 886. The van der Waals surface area contributed by atoms with E-state index >= 15 is 0 Å². The molecule has 1 unspecified atom stereocenters. The van der Waals surface area contributed by atoms with Crippen LogP contribution in [0.2, 0.25) is 10.0 Å². The van der Waals surface area contributed by atoms with Crippen LogP contribution in [0.15, 0.2) is 18.2 Å². The van der Waals surface area contributed by atoms with Gasteiger partial charge in [0.15, 0.2) is 0 Å². The molecule has 0 radical (unpaired) electrons. The summed E-state index contributed by atoms with van der Waals surface area (Å²) in [7, 11) is 0. The van der Waals surface area contributed by atoms with E-state index in [1.165, 1.54) is 0 Å². The van der Waals surface area contributed by atoms with Crippen molar-refractivity contribution < 1.29 is 14.3 Å². The predicted octanol–water partition coefficient (Wildman–Crippen LogP) is 4.23. The molecule has 0 aromatic heterocycles. The smallest absolute Gasteiger partial charge is 0.321 e. The minimum absolute atomic E-state index is 0.111. The Labute approximate surface area is 219 Å². The Morgan fingerprint density at radius 3 is 2.31 bits per heavy atom. The van der Waals surface area contributed by atoms with Crippen molar-refractivity contribution in [2.75, 3.05) is 57.9 Å². The van der Waals surface area contributed by atoms with E-state index in [-0.39, 0.29) is 23.6 Å². The molecule has 3 rings (SSSR count). The summed E-state index contributed by atoms with van der Waals surface area (Å²) in [5.74, 6) is 0.111. The van der Waals surface area contributed by atoms with Gasteiger partial charge in [-0.2, -0.15) is 0 Å². The number of piperazine rings is 2. The molecule has 35 heavy (non-hydrogen) atoms. The van der Waals surface area contributed by atoms with Crippen LogP contribution in [0.25, 0.3) is 0 Å². The topological polar surface area (TPSA) is 68.4 Å². The maximum atomic E-state index is 13.6. The lowest BCUT2D eigenvalue weighted by atomic mass is 10.1. The molecule has 2 heterocycles. The Kier molecular flexibility index (Phi) is 9.68. The molecule has 2 aliphatic heterocycles. The Balaban J connectivity index is 1.60. The van der Waals surface area contributed by atoms with E-state index in [4.69, 9.17) is 27.9 Å². The Morgan fingerprint density at radius 1 is 1.06 bits per heavy atom. The number of benzene rings is 1. The van der Waals surface area contributed by atoms with Crippen molar-refractivity contribution in [3.63, 3.8) is 0 Å². The molecule has 10 heteroatoms. The average Bonchev–Trinajstić information content (AvgIpc) is 2.83. The summed E-state index contributed by atoms with van der Waals surface area (Å²) in [6, 6.07) is 4.96. The molecule has 196 valence electrons. The van der Waals surface area contributed by atoms with Crippen LogP contribution in [-0.2, 0) is 9.53 Å². The second-order valence-electron chi connectivity index (χ2n) is 10.3. The Hall–Kier alpha value is -1.58. The van der Waals surface area contributed by atoms with E-state index in [0.29, 0.717) is 61.2 Å². The third-order valence-electron chi connectivity index (χ3n) is 6.73. The fourth-order valence-electron chi connectivity index (χ4n) is 4.28. The Morgan fingerprint density at radius 2 is 1.71 bits per heavy atom. The molecular weight excluding hydrogens is 489 g/mol. The van der Waals surface area contributed by atoms with Crippen molar-refractivity contribution >= 4 is 40.8 Å². The number of carbonyl (C=O) groups is 2. The van der Waals surface area contributed by atoms with Gasteiger partial charge in [0.25, 0.3) is 0 Å². The summed E-state index contributed by atoms with van der Waals surface area (Å²) in [6.45, 7) is 15.3. The maximum Gasteiger partial charge on any atom is 0.321 e. The fraction of sp³-hybridized carbons (Fsp3) is 0.680. The number of nitrogens with one attached hydrogen (secondary N) is 1. The molecule has 0 saturated carbocycles. The van der Waals surface area contributed by atoms with Gasteiger partial charge >= 0.3 is 6.03 Å². The van der Waals surface area contributed by atoms with E-state index in [2.05, 4.69) is 29.0 Å². The SMILES string of the molecule is CCC(C)N1CCN(COC(C)(C)C)[C@@H](C(=O)N2CCN(C(=O)Nc3ccc(Cl)c(Cl)c3)CC2)C1. The maximum absolute atomic E-state index is 13.6. The van der Waals surface area contributed by atoms with Crippen LogP contribution >= 0.6 is 23.2 Å². The quantitative estimate of drug-likeness (QED) is 0.599. The molecule has 2 saturated heterocycles. The first-order valence-electron chi connectivity index (χ1n) is 12.4. The highest BCUT2D eigenvalue weighted by molar-refractivity contribution is 6.42. The van der Waals surface area contributed by atoms with Gasteiger partial charge in [-0.25, -0.2) is 4.79 Å². The van der Waals surface area contributed by atoms with Crippen LogP contribution in [-0.4, -0.2) is 102 Å². The summed E-state index contributed by atoms with van der Waals surface area (Å²) in [4.78, 5) is 34.5. The second kappa shape index (κ2) is 12.1. The molecule has 0 spiro atoms. The summed E-state index contributed by atoms with van der Waals surface area (Å²) in [5.41, 5.74) is 0.319. The van der Waals surface area contributed by atoms with E-state index in [1.54, 1.807) is 23.1 Å². The summed E-state index contributed by atoms with van der Waals surface area (Å²) in [5, 5.41) is 3.68. The van der Waals surface area contributed by atoms with Crippen molar-refractivity contribution in [3.05, 3.63) is 28.2 Å². The van der Waals surface area contributed by atoms with Crippen LogP contribution < -0.4 is 5.32 Å². The molecular formula is C25H39Cl2N5O3. The lowest BCUT2D eigenvalue weighted by Crippen LogP contribution is -2.63. The lowest BCUT2D eigenvalue weighted by molar-refractivity contribution is -0.149. The van der Waals surface area contributed by atoms with Crippen LogP contribution in [0.4, 0.5) is 10.5 Å². The molecule has 1 N–H and O–H groups in total. The first kappa shape index (κ1) is 28.0. The number of hydrogen-bond donors (Lipinski definition) is 1. The highest BCUT2D eigenvalue weighted by atomic mass is 35.5. The molecule has 8 nitrogen and oxygen atoms in total. The van der Waals surface area contributed by atoms with Crippen LogP contribution in [0.5, 0.6) is 0 Å². The van der Waals surface area contributed by atoms with Crippen LogP contribution in [0.3, 0.4) is 0 Å². The minimum Gasteiger partial charge on any atom is -0.360 e. The molecule has 2 aliphatic rings. The van der Waals surface area contributed by atoms with Crippen molar-refractivity contribution in [1.82, 2.24) is 19.6 Å². The number of hydrogen-bond acceptors (Lipinski definition) is 5. The minimum atomic E-state index is -0.269. The number of anilines is 1. The van der Waals surface area contributed by atoms with E-state index in [1.807, 2.05) is 25.7 Å². The number of nitrogens with zero attached hydrogens (tertiary/aromatic N) is 4. The number of amides is 3.